The van der Waals surface area contributed by atoms with Crippen LogP contribution in [0.1, 0.15) is 0 Å². The SMILES string of the molecule is CN1CCN(c2cc(S(=O)(=O)n3ccc4ccc(F)cc43)ccc2OCC(F)(F)C(F)F)CC1. The van der Waals surface area contributed by atoms with Gasteiger partial charge in [0.1, 0.15) is 11.6 Å². The lowest BCUT2D eigenvalue weighted by Crippen LogP contribution is -2.44. The third kappa shape index (κ3) is 4.69. The zero-order valence-corrected chi connectivity index (χ0v) is 18.9. The molecule has 2 aromatic carbocycles. The van der Waals surface area contributed by atoms with Crippen LogP contribution in [0.3, 0.4) is 0 Å². The molecule has 0 amide bonds. The summed E-state index contributed by atoms with van der Waals surface area (Å²) in [5, 5.41) is 0.512. The number of aromatic nitrogens is 1. The second-order valence-electron chi connectivity index (χ2n) is 8.09. The molecule has 0 aliphatic carbocycles. The molecule has 0 unspecified atom stereocenters. The summed E-state index contributed by atoms with van der Waals surface area (Å²) >= 11 is 0. The van der Waals surface area contributed by atoms with Gasteiger partial charge in [0, 0.05) is 37.8 Å². The summed E-state index contributed by atoms with van der Waals surface area (Å²) in [5.41, 5.74) is 0.333. The first kappa shape index (κ1) is 24.3. The molecule has 4 rings (SSSR count). The van der Waals surface area contributed by atoms with Gasteiger partial charge in [-0.25, -0.2) is 25.6 Å². The molecule has 1 fully saturated rings. The summed E-state index contributed by atoms with van der Waals surface area (Å²) in [6, 6.07) is 8.88. The fourth-order valence-electron chi connectivity index (χ4n) is 3.71. The number of halogens is 5. The molecule has 0 saturated carbocycles. The number of hydrogen-bond acceptors (Lipinski definition) is 5. The number of likely N-dealkylation sites (N-methyl/N-ethyl adjacent to an activating group) is 1. The van der Waals surface area contributed by atoms with Crippen LogP contribution in [0.25, 0.3) is 10.9 Å². The molecule has 0 N–H and O–H groups in total. The zero-order chi connectivity index (χ0) is 24.7. The maximum atomic E-state index is 13.8. The van der Waals surface area contributed by atoms with Gasteiger partial charge < -0.3 is 14.5 Å². The number of benzene rings is 2. The molecule has 0 radical (unpaired) electrons. The first-order chi connectivity index (χ1) is 16.0. The number of anilines is 1. The molecule has 0 spiro atoms. The first-order valence-corrected chi connectivity index (χ1v) is 11.8. The summed E-state index contributed by atoms with van der Waals surface area (Å²) in [4.78, 5) is 3.60. The van der Waals surface area contributed by atoms with Gasteiger partial charge in [-0.3, -0.25) is 0 Å². The highest BCUT2D eigenvalue weighted by Crippen LogP contribution is 2.35. The number of ether oxygens (including phenoxy) is 1. The molecule has 6 nitrogen and oxygen atoms in total. The van der Waals surface area contributed by atoms with Crippen molar-refractivity contribution in [1.82, 2.24) is 8.87 Å². The lowest BCUT2D eigenvalue weighted by Gasteiger charge is -2.35. The standard InChI is InChI=1S/C22H22F5N3O3S/c1-28-8-10-29(11-9-28)19-13-17(4-5-20(19)33-14-22(26,27)21(24)25)34(31,32)30-7-6-15-2-3-16(23)12-18(15)30/h2-7,12-13,21H,8-11,14H2,1H3. The molecule has 3 aromatic rings. The predicted octanol–water partition coefficient (Wildman–Crippen LogP) is 4.05. The number of hydrogen-bond donors (Lipinski definition) is 0. The van der Waals surface area contributed by atoms with Gasteiger partial charge >= 0.3 is 12.3 Å². The van der Waals surface area contributed by atoms with E-state index in [9.17, 15) is 30.4 Å². The Morgan fingerprint density at radius 1 is 1.03 bits per heavy atom. The summed E-state index contributed by atoms with van der Waals surface area (Å²) < 4.78 is 98.6. The summed E-state index contributed by atoms with van der Waals surface area (Å²) in [6.07, 6.45) is -2.61. The van der Waals surface area contributed by atoms with Gasteiger partial charge in [0.2, 0.25) is 0 Å². The Kier molecular flexibility index (Phi) is 6.47. The van der Waals surface area contributed by atoms with Crippen LogP contribution in [0.2, 0.25) is 0 Å². The molecule has 184 valence electrons. The number of piperazine rings is 1. The third-order valence-electron chi connectivity index (χ3n) is 5.69. The summed E-state index contributed by atoms with van der Waals surface area (Å²) in [5.74, 6) is -5.10. The van der Waals surface area contributed by atoms with Crippen LogP contribution < -0.4 is 9.64 Å². The molecule has 0 atom stereocenters. The second kappa shape index (κ2) is 9.06. The van der Waals surface area contributed by atoms with E-state index in [1.807, 2.05) is 11.9 Å². The van der Waals surface area contributed by atoms with Gasteiger partial charge in [0.15, 0.2) is 6.61 Å². The monoisotopic (exact) mass is 503 g/mol. The molecule has 2 heterocycles. The van der Waals surface area contributed by atoms with Crippen LogP contribution >= 0.6 is 0 Å². The van der Waals surface area contributed by atoms with E-state index < -0.39 is 34.8 Å². The highest BCUT2D eigenvalue weighted by molar-refractivity contribution is 7.90. The van der Waals surface area contributed by atoms with E-state index in [-0.39, 0.29) is 21.8 Å². The molecule has 1 aliphatic heterocycles. The van der Waals surface area contributed by atoms with E-state index in [1.54, 1.807) is 4.90 Å². The van der Waals surface area contributed by atoms with E-state index in [0.29, 0.717) is 31.6 Å². The minimum Gasteiger partial charge on any atom is -0.485 e. The van der Waals surface area contributed by atoms with E-state index in [1.165, 1.54) is 36.5 Å². The van der Waals surface area contributed by atoms with Crippen molar-refractivity contribution in [3.63, 3.8) is 0 Å². The molecule has 1 saturated heterocycles. The van der Waals surface area contributed by atoms with Crippen LogP contribution in [-0.2, 0) is 10.0 Å². The van der Waals surface area contributed by atoms with Crippen LogP contribution in [0.4, 0.5) is 27.6 Å². The van der Waals surface area contributed by atoms with Crippen LogP contribution in [0, 0.1) is 5.82 Å². The molecular formula is C22H22F5N3O3S. The van der Waals surface area contributed by atoms with Crippen molar-refractivity contribution in [3.8, 4) is 5.75 Å². The fourth-order valence-corrected chi connectivity index (χ4v) is 5.08. The Hall–Kier alpha value is -2.86. The molecule has 12 heteroatoms. The number of nitrogens with zero attached hydrogens (tertiary/aromatic N) is 3. The van der Waals surface area contributed by atoms with E-state index in [4.69, 9.17) is 4.74 Å². The Morgan fingerprint density at radius 2 is 1.74 bits per heavy atom. The first-order valence-electron chi connectivity index (χ1n) is 10.4. The van der Waals surface area contributed by atoms with Crippen LogP contribution in [0.5, 0.6) is 5.75 Å². The fraction of sp³-hybridized carbons (Fsp3) is 0.364. The topological polar surface area (TPSA) is 54.8 Å². The van der Waals surface area contributed by atoms with Gasteiger partial charge in [-0.1, -0.05) is 0 Å². The van der Waals surface area contributed by atoms with Gasteiger partial charge in [0.25, 0.3) is 10.0 Å². The maximum Gasteiger partial charge on any atom is 0.340 e. The van der Waals surface area contributed by atoms with Gasteiger partial charge in [0.05, 0.1) is 16.1 Å². The lowest BCUT2D eigenvalue weighted by molar-refractivity contribution is -0.148. The number of fused-ring (bicyclic) bond motifs is 1. The normalized spacial score (nSPS) is 15.9. The molecule has 0 bridgehead atoms. The van der Waals surface area contributed by atoms with Gasteiger partial charge in [-0.15, -0.1) is 0 Å². The molecular weight excluding hydrogens is 481 g/mol. The van der Waals surface area contributed by atoms with Crippen LogP contribution in [0.15, 0.2) is 53.6 Å². The average Bonchev–Trinajstić information content (AvgIpc) is 3.22. The van der Waals surface area contributed by atoms with E-state index >= 15 is 0 Å². The Bertz CT molecular complexity index is 1290. The predicted molar refractivity (Wildman–Crippen MR) is 117 cm³/mol. The molecule has 1 aromatic heterocycles. The van der Waals surface area contributed by atoms with E-state index in [0.717, 1.165) is 16.1 Å². The largest absolute Gasteiger partial charge is 0.485 e. The lowest BCUT2D eigenvalue weighted by atomic mass is 10.2. The van der Waals surface area contributed by atoms with Crippen molar-refractivity contribution < 1.29 is 35.1 Å². The Balaban J connectivity index is 1.74. The Morgan fingerprint density at radius 3 is 2.41 bits per heavy atom. The quantitative estimate of drug-likeness (QED) is 0.456. The zero-order valence-electron chi connectivity index (χ0n) is 18.1. The van der Waals surface area contributed by atoms with Crippen molar-refractivity contribution in [1.29, 1.82) is 0 Å². The maximum absolute atomic E-state index is 13.8. The van der Waals surface area contributed by atoms with Gasteiger partial charge in [-0.05, 0) is 49.5 Å². The van der Waals surface area contributed by atoms with Crippen molar-refractivity contribution in [2.75, 3.05) is 44.7 Å². The van der Waals surface area contributed by atoms with Crippen molar-refractivity contribution in [2.24, 2.45) is 0 Å². The summed E-state index contributed by atoms with van der Waals surface area (Å²) in [7, 11) is -2.30. The smallest absolute Gasteiger partial charge is 0.340 e. The highest BCUT2D eigenvalue weighted by Gasteiger charge is 2.42. The van der Waals surface area contributed by atoms with E-state index in [2.05, 4.69) is 0 Å². The minimum absolute atomic E-state index is 0.132. The third-order valence-corrected chi connectivity index (χ3v) is 7.38. The highest BCUT2D eigenvalue weighted by atomic mass is 32.2. The summed E-state index contributed by atoms with van der Waals surface area (Å²) in [6.45, 7) is 0.563. The van der Waals surface area contributed by atoms with Crippen molar-refractivity contribution in [3.05, 3.63) is 54.5 Å². The number of rotatable bonds is 7. The average molecular weight is 503 g/mol. The molecule has 1 aliphatic rings. The minimum atomic E-state index is -4.36. The van der Waals surface area contributed by atoms with Gasteiger partial charge in [-0.2, -0.15) is 8.78 Å². The molecule has 34 heavy (non-hydrogen) atoms. The Labute approximate surface area is 193 Å². The number of alkyl halides is 4. The van der Waals surface area contributed by atoms with Crippen molar-refractivity contribution in [2.45, 2.75) is 17.2 Å². The van der Waals surface area contributed by atoms with Crippen LogP contribution in [-0.4, -0.2) is 69.5 Å². The second-order valence-corrected chi connectivity index (χ2v) is 9.90. The van der Waals surface area contributed by atoms with Crippen molar-refractivity contribution >= 4 is 26.6 Å².